The molecule has 3 heteroatoms. The maximum atomic E-state index is 12.1. The van der Waals surface area contributed by atoms with Crippen LogP contribution in [0.1, 0.15) is 43.3 Å². The highest BCUT2D eigenvalue weighted by molar-refractivity contribution is 5.93. The Morgan fingerprint density at radius 3 is 2.38 bits per heavy atom. The number of furan rings is 1. The molecule has 0 radical (unpaired) electrons. The summed E-state index contributed by atoms with van der Waals surface area (Å²) in [5, 5.41) is 0. The SMILES string of the molecule is CC(C)(C)N(CCC(=O)c1ccco1)Cc1ccccc1. The predicted octanol–water partition coefficient (Wildman–Crippen LogP) is 4.15. The normalized spacial score (nSPS) is 11.8. The third kappa shape index (κ3) is 4.57. The molecule has 0 N–H and O–H groups in total. The van der Waals surface area contributed by atoms with Gasteiger partial charge in [-0.3, -0.25) is 9.69 Å². The summed E-state index contributed by atoms with van der Waals surface area (Å²) < 4.78 is 5.16. The lowest BCUT2D eigenvalue weighted by Crippen LogP contribution is -2.42. The van der Waals surface area contributed by atoms with E-state index in [-0.39, 0.29) is 11.3 Å². The van der Waals surface area contributed by atoms with E-state index in [1.165, 1.54) is 5.56 Å². The van der Waals surface area contributed by atoms with Crippen molar-refractivity contribution in [3.63, 3.8) is 0 Å². The van der Waals surface area contributed by atoms with E-state index in [4.69, 9.17) is 4.42 Å². The van der Waals surface area contributed by atoms with Crippen molar-refractivity contribution < 1.29 is 9.21 Å². The number of rotatable bonds is 6. The van der Waals surface area contributed by atoms with Gasteiger partial charge in [0.05, 0.1) is 6.26 Å². The molecule has 112 valence electrons. The van der Waals surface area contributed by atoms with E-state index < -0.39 is 0 Å². The Kier molecular flexibility index (Phi) is 4.97. The highest BCUT2D eigenvalue weighted by Gasteiger charge is 2.22. The van der Waals surface area contributed by atoms with Crippen LogP contribution in [0.5, 0.6) is 0 Å². The standard InChI is InChI=1S/C18H23NO2/c1-18(2,3)19(14-15-8-5-4-6-9-15)12-11-16(20)17-10-7-13-21-17/h4-10,13H,11-12,14H2,1-3H3. The molecule has 0 atom stereocenters. The number of carbonyl (C=O) groups excluding carboxylic acids is 1. The maximum absolute atomic E-state index is 12.1. The number of hydrogen-bond donors (Lipinski definition) is 0. The van der Waals surface area contributed by atoms with Gasteiger partial charge in [0.15, 0.2) is 11.5 Å². The highest BCUT2D eigenvalue weighted by Crippen LogP contribution is 2.18. The van der Waals surface area contributed by atoms with E-state index in [9.17, 15) is 4.79 Å². The fourth-order valence-electron chi connectivity index (χ4n) is 2.25. The topological polar surface area (TPSA) is 33.5 Å². The second-order valence-corrected chi connectivity index (χ2v) is 6.23. The average Bonchev–Trinajstić information content (AvgIpc) is 2.97. The Labute approximate surface area is 126 Å². The molecule has 0 bridgehead atoms. The molecule has 1 heterocycles. The number of ketones is 1. The summed E-state index contributed by atoms with van der Waals surface area (Å²) in [5.41, 5.74) is 1.28. The van der Waals surface area contributed by atoms with Gasteiger partial charge in [0.1, 0.15) is 0 Å². The van der Waals surface area contributed by atoms with Gasteiger partial charge in [0.25, 0.3) is 0 Å². The Morgan fingerprint density at radius 1 is 1.10 bits per heavy atom. The molecule has 0 amide bonds. The van der Waals surface area contributed by atoms with E-state index in [0.29, 0.717) is 12.2 Å². The zero-order chi connectivity index (χ0) is 15.3. The molecule has 0 aliphatic carbocycles. The fraction of sp³-hybridized carbons (Fsp3) is 0.389. The van der Waals surface area contributed by atoms with Crippen molar-refractivity contribution in [2.45, 2.75) is 39.3 Å². The quantitative estimate of drug-likeness (QED) is 0.747. The van der Waals surface area contributed by atoms with Gasteiger partial charge in [-0.25, -0.2) is 0 Å². The molecule has 0 aliphatic heterocycles. The lowest BCUT2D eigenvalue weighted by atomic mass is 10.0. The second-order valence-electron chi connectivity index (χ2n) is 6.23. The zero-order valence-electron chi connectivity index (χ0n) is 13.0. The van der Waals surface area contributed by atoms with Crippen molar-refractivity contribution in [2.24, 2.45) is 0 Å². The molecular weight excluding hydrogens is 262 g/mol. The molecule has 0 saturated carbocycles. The van der Waals surface area contributed by atoms with Crippen molar-refractivity contribution >= 4 is 5.78 Å². The smallest absolute Gasteiger partial charge is 0.199 e. The van der Waals surface area contributed by atoms with E-state index in [2.05, 4.69) is 37.8 Å². The minimum Gasteiger partial charge on any atom is -0.461 e. The average molecular weight is 285 g/mol. The molecule has 0 spiro atoms. The minimum atomic E-state index is 0.0132. The van der Waals surface area contributed by atoms with Crippen LogP contribution in [0.2, 0.25) is 0 Å². The summed E-state index contributed by atoms with van der Waals surface area (Å²) in [6.07, 6.45) is 2.01. The van der Waals surface area contributed by atoms with E-state index in [1.807, 2.05) is 18.2 Å². The molecule has 2 rings (SSSR count). The third-order valence-corrected chi connectivity index (χ3v) is 3.57. The van der Waals surface area contributed by atoms with E-state index >= 15 is 0 Å². The number of nitrogens with zero attached hydrogens (tertiary/aromatic N) is 1. The van der Waals surface area contributed by atoms with Crippen LogP contribution in [0.15, 0.2) is 53.1 Å². The first kappa shape index (κ1) is 15.5. The zero-order valence-corrected chi connectivity index (χ0v) is 13.0. The van der Waals surface area contributed by atoms with Crippen molar-refractivity contribution in [3.05, 3.63) is 60.1 Å². The Morgan fingerprint density at radius 2 is 1.81 bits per heavy atom. The van der Waals surface area contributed by atoms with Gasteiger partial charge in [-0.15, -0.1) is 0 Å². The summed E-state index contributed by atoms with van der Waals surface area (Å²) in [4.78, 5) is 14.4. The van der Waals surface area contributed by atoms with Crippen molar-refractivity contribution in [1.29, 1.82) is 0 Å². The van der Waals surface area contributed by atoms with Crippen LogP contribution in [-0.4, -0.2) is 22.8 Å². The summed E-state index contributed by atoms with van der Waals surface area (Å²) in [7, 11) is 0. The Hall–Kier alpha value is -1.87. The maximum Gasteiger partial charge on any atom is 0.199 e. The summed E-state index contributed by atoms with van der Waals surface area (Å²) >= 11 is 0. The number of hydrogen-bond acceptors (Lipinski definition) is 3. The van der Waals surface area contributed by atoms with Crippen LogP contribution < -0.4 is 0 Å². The molecule has 0 saturated heterocycles. The summed E-state index contributed by atoms with van der Waals surface area (Å²) in [6.45, 7) is 8.08. The van der Waals surface area contributed by atoms with Gasteiger partial charge in [-0.05, 0) is 38.5 Å². The molecule has 0 aliphatic rings. The first-order chi connectivity index (χ1) is 9.97. The number of Topliss-reactive ketones (excluding diaryl/α,β-unsaturated/α-hetero) is 1. The van der Waals surface area contributed by atoms with Crippen molar-refractivity contribution in [1.82, 2.24) is 4.90 Å². The van der Waals surface area contributed by atoms with E-state index in [1.54, 1.807) is 18.4 Å². The Balaban J connectivity index is 1.99. The van der Waals surface area contributed by atoms with E-state index in [0.717, 1.165) is 13.1 Å². The second kappa shape index (κ2) is 6.72. The molecule has 0 fully saturated rings. The van der Waals surface area contributed by atoms with Crippen LogP contribution in [0.3, 0.4) is 0 Å². The van der Waals surface area contributed by atoms with Crippen LogP contribution in [-0.2, 0) is 6.54 Å². The van der Waals surface area contributed by atoms with Crippen LogP contribution in [0.4, 0.5) is 0 Å². The van der Waals surface area contributed by atoms with Crippen LogP contribution in [0.25, 0.3) is 0 Å². The molecule has 2 aromatic rings. The molecule has 0 unspecified atom stereocenters. The summed E-state index contributed by atoms with van der Waals surface area (Å²) in [6, 6.07) is 13.8. The molecule has 1 aromatic carbocycles. The molecule has 21 heavy (non-hydrogen) atoms. The van der Waals surface area contributed by atoms with Gasteiger partial charge in [-0.2, -0.15) is 0 Å². The van der Waals surface area contributed by atoms with Gasteiger partial charge in [-0.1, -0.05) is 30.3 Å². The van der Waals surface area contributed by atoms with Gasteiger partial charge < -0.3 is 4.42 Å². The lowest BCUT2D eigenvalue weighted by Gasteiger charge is -2.35. The summed E-state index contributed by atoms with van der Waals surface area (Å²) in [5.74, 6) is 0.505. The van der Waals surface area contributed by atoms with Crippen LogP contribution >= 0.6 is 0 Å². The predicted molar refractivity (Wildman–Crippen MR) is 84.3 cm³/mol. The third-order valence-electron chi connectivity index (χ3n) is 3.57. The lowest BCUT2D eigenvalue weighted by molar-refractivity contribution is 0.0872. The minimum absolute atomic E-state index is 0.0132. The highest BCUT2D eigenvalue weighted by atomic mass is 16.3. The largest absolute Gasteiger partial charge is 0.461 e. The monoisotopic (exact) mass is 285 g/mol. The fourth-order valence-corrected chi connectivity index (χ4v) is 2.25. The molecular formula is C18H23NO2. The molecule has 3 nitrogen and oxygen atoms in total. The van der Waals surface area contributed by atoms with Crippen LogP contribution in [0, 0.1) is 0 Å². The van der Waals surface area contributed by atoms with Gasteiger partial charge >= 0.3 is 0 Å². The molecule has 1 aromatic heterocycles. The van der Waals surface area contributed by atoms with Crippen molar-refractivity contribution in [2.75, 3.05) is 6.54 Å². The van der Waals surface area contributed by atoms with Gasteiger partial charge in [0, 0.05) is 25.0 Å². The van der Waals surface area contributed by atoms with Crippen molar-refractivity contribution in [3.8, 4) is 0 Å². The van der Waals surface area contributed by atoms with Gasteiger partial charge in [0.2, 0.25) is 0 Å². The number of benzene rings is 1. The first-order valence-corrected chi connectivity index (χ1v) is 7.32. The Bertz CT molecular complexity index is 553. The first-order valence-electron chi connectivity index (χ1n) is 7.32. The number of carbonyl (C=O) groups is 1.